The van der Waals surface area contributed by atoms with E-state index in [1.807, 2.05) is 37.3 Å². The molecule has 0 saturated carbocycles. The van der Waals surface area contributed by atoms with Crippen LogP contribution >= 0.6 is 15.9 Å². The highest BCUT2D eigenvalue weighted by molar-refractivity contribution is 9.10. The summed E-state index contributed by atoms with van der Waals surface area (Å²) in [4.78, 5) is 29.4. The first kappa shape index (κ1) is 24.4. The van der Waals surface area contributed by atoms with Crippen LogP contribution in [0.15, 0.2) is 81.9 Å². The fourth-order valence-electron chi connectivity index (χ4n) is 3.46. The number of hydrogen-bond donors (Lipinski definition) is 0. The first-order valence-corrected chi connectivity index (χ1v) is 12.0. The Balaban J connectivity index is 1.62. The number of carbonyl (C=O) groups is 2. The highest BCUT2D eigenvalue weighted by Crippen LogP contribution is 2.38. The minimum atomic E-state index is -0.540. The molecule has 0 aliphatic carbocycles. The molecule has 3 aromatic carbocycles. The largest absolute Gasteiger partial charge is 0.490 e. The van der Waals surface area contributed by atoms with E-state index in [-0.39, 0.29) is 17.3 Å². The fraction of sp³-hybridized carbons (Fsp3) is 0.179. The van der Waals surface area contributed by atoms with Crippen LogP contribution in [0.4, 0.5) is 0 Å². The molecule has 35 heavy (non-hydrogen) atoms. The third-order valence-corrected chi connectivity index (χ3v) is 5.87. The van der Waals surface area contributed by atoms with Gasteiger partial charge in [0.15, 0.2) is 17.2 Å². The first-order valence-electron chi connectivity index (χ1n) is 11.2. The maximum absolute atomic E-state index is 12.6. The van der Waals surface area contributed by atoms with Gasteiger partial charge in [-0.25, -0.2) is 14.6 Å². The highest BCUT2D eigenvalue weighted by atomic mass is 79.9. The predicted octanol–water partition coefficient (Wildman–Crippen LogP) is 6.53. The number of rotatable bonds is 7. The maximum atomic E-state index is 12.6. The standard InChI is InChI=1S/C28H24BrNO5/c1-4-33-24-16-18(14-22(29)25(24)34-27(31)21-8-6-5-7-9-21)15-23-28(32)35-26(30-23)20-12-10-19(11-13-20)17(2)3/h5-17H,4H2,1-3H3/b23-15-. The van der Waals surface area contributed by atoms with Crippen LogP contribution < -0.4 is 9.47 Å². The third-order valence-electron chi connectivity index (χ3n) is 5.28. The van der Waals surface area contributed by atoms with Gasteiger partial charge in [-0.2, -0.15) is 0 Å². The lowest BCUT2D eigenvalue weighted by Gasteiger charge is -2.13. The monoisotopic (exact) mass is 533 g/mol. The van der Waals surface area contributed by atoms with E-state index in [9.17, 15) is 9.59 Å². The molecule has 0 atom stereocenters. The Morgan fingerprint density at radius 2 is 1.80 bits per heavy atom. The van der Waals surface area contributed by atoms with Gasteiger partial charge in [-0.15, -0.1) is 0 Å². The van der Waals surface area contributed by atoms with Crippen molar-refractivity contribution in [3.63, 3.8) is 0 Å². The Labute approximate surface area is 212 Å². The molecule has 0 saturated heterocycles. The SMILES string of the molecule is CCOc1cc(/C=C2\N=C(c3ccc(C(C)C)cc3)OC2=O)cc(Br)c1OC(=O)c1ccccc1. The van der Waals surface area contributed by atoms with Crippen LogP contribution in [0.25, 0.3) is 6.08 Å². The van der Waals surface area contributed by atoms with Gasteiger partial charge in [0.2, 0.25) is 5.90 Å². The number of ether oxygens (including phenoxy) is 3. The second-order valence-corrected chi connectivity index (χ2v) is 8.99. The Bertz CT molecular complexity index is 1310. The smallest absolute Gasteiger partial charge is 0.363 e. The molecule has 178 valence electrons. The summed E-state index contributed by atoms with van der Waals surface area (Å²) in [5, 5.41) is 0. The van der Waals surface area contributed by atoms with Crippen LogP contribution in [0.5, 0.6) is 11.5 Å². The van der Waals surface area contributed by atoms with Crippen LogP contribution in [-0.4, -0.2) is 24.4 Å². The van der Waals surface area contributed by atoms with Crippen LogP contribution in [0, 0.1) is 0 Å². The fourth-order valence-corrected chi connectivity index (χ4v) is 4.00. The van der Waals surface area contributed by atoms with E-state index in [4.69, 9.17) is 14.2 Å². The minimum Gasteiger partial charge on any atom is -0.490 e. The first-order chi connectivity index (χ1) is 16.9. The molecule has 0 amide bonds. The molecular weight excluding hydrogens is 510 g/mol. The Morgan fingerprint density at radius 3 is 2.46 bits per heavy atom. The normalized spacial score (nSPS) is 14.1. The van der Waals surface area contributed by atoms with Gasteiger partial charge in [0.1, 0.15) is 0 Å². The van der Waals surface area contributed by atoms with E-state index in [1.54, 1.807) is 42.5 Å². The van der Waals surface area contributed by atoms with Gasteiger partial charge in [0.05, 0.1) is 16.6 Å². The number of nitrogens with zero attached hydrogens (tertiary/aromatic N) is 1. The van der Waals surface area contributed by atoms with Crippen LogP contribution in [0.2, 0.25) is 0 Å². The molecular formula is C28H24BrNO5. The van der Waals surface area contributed by atoms with Crippen molar-refractivity contribution in [3.8, 4) is 11.5 Å². The second kappa shape index (κ2) is 10.7. The van der Waals surface area contributed by atoms with E-state index in [1.165, 1.54) is 5.56 Å². The maximum Gasteiger partial charge on any atom is 0.363 e. The lowest BCUT2D eigenvalue weighted by atomic mass is 10.0. The Kier molecular flexibility index (Phi) is 7.46. The summed E-state index contributed by atoms with van der Waals surface area (Å²) in [6, 6.07) is 19.9. The zero-order chi connectivity index (χ0) is 24.9. The van der Waals surface area contributed by atoms with E-state index in [0.29, 0.717) is 33.9 Å². The zero-order valence-corrected chi connectivity index (χ0v) is 21.2. The second-order valence-electron chi connectivity index (χ2n) is 8.13. The van der Waals surface area contributed by atoms with Crippen LogP contribution in [-0.2, 0) is 9.53 Å². The number of carbonyl (C=O) groups excluding carboxylic acids is 2. The van der Waals surface area contributed by atoms with E-state index < -0.39 is 11.9 Å². The molecule has 1 heterocycles. The summed E-state index contributed by atoms with van der Waals surface area (Å²) in [7, 11) is 0. The molecule has 0 radical (unpaired) electrons. The van der Waals surface area contributed by atoms with Gasteiger partial charge >= 0.3 is 11.9 Å². The van der Waals surface area contributed by atoms with Crippen molar-refractivity contribution in [1.29, 1.82) is 0 Å². The summed E-state index contributed by atoms with van der Waals surface area (Å²) in [5.74, 6) is 0.232. The van der Waals surface area contributed by atoms with Crippen molar-refractivity contribution < 1.29 is 23.8 Å². The lowest BCUT2D eigenvalue weighted by Crippen LogP contribution is -2.10. The number of cyclic esters (lactones) is 1. The average Bonchev–Trinajstić information content (AvgIpc) is 3.22. The summed E-state index contributed by atoms with van der Waals surface area (Å²) in [6.07, 6.45) is 1.61. The molecule has 0 aromatic heterocycles. The van der Waals surface area contributed by atoms with E-state index in [0.717, 1.165) is 5.56 Å². The lowest BCUT2D eigenvalue weighted by molar-refractivity contribution is -0.129. The summed E-state index contributed by atoms with van der Waals surface area (Å²) in [6.45, 7) is 6.42. The number of benzene rings is 3. The molecule has 0 bridgehead atoms. The van der Waals surface area contributed by atoms with E-state index >= 15 is 0 Å². The van der Waals surface area contributed by atoms with Crippen LogP contribution in [0.1, 0.15) is 53.7 Å². The molecule has 3 aromatic rings. The van der Waals surface area contributed by atoms with Crippen molar-refractivity contribution in [2.75, 3.05) is 6.61 Å². The van der Waals surface area contributed by atoms with Crippen molar-refractivity contribution in [2.24, 2.45) is 4.99 Å². The van der Waals surface area contributed by atoms with Crippen molar-refractivity contribution in [1.82, 2.24) is 0 Å². The molecule has 1 aliphatic heterocycles. The number of aliphatic imine (C=N–C) groups is 1. The molecule has 7 heteroatoms. The third kappa shape index (κ3) is 5.69. The molecule has 1 aliphatic rings. The quantitative estimate of drug-likeness (QED) is 0.196. The topological polar surface area (TPSA) is 74.2 Å². The van der Waals surface area contributed by atoms with Gasteiger partial charge in [-0.3, -0.25) is 0 Å². The Hall–Kier alpha value is -3.71. The van der Waals surface area contributed by atoms with Crippen molar-refractivity contribution >= 4 is 39.8 Å². The molecule has 0 fully saturated rings. The van der Waals surface area contributed by atoms with Crippen LogP contribution in [0.3, 0.4) is 0 Å². The highest BCUT2D eigenvalue weighted by Gasteiger charge is 2.25. The number of esters is 2. The minimum absolute atomic E-state index is 0.163. The number of hydrogen-bond acceptors (Lipinski definition) is 6. The molecule has 4 rings (SSSR count). The van der Waals surface area contributed by atoms with Gasteiger partial charge in [-0.1, -0.05) is 44.2 Å². The molecule has 0 spiro atoms. The van der Waals surface area contributed by atoms with Crippen molar-refractivity contribution in [2.45, 2.75) is 26.7 Å². The number of halogens is 1. The molecule has 0 N–H and O–H groups in total. The van der Waals surface area contributed by atoms with Gasteiger partial charge in [-0.05, 0) is 82.4 Å². The zero-order valence-electron chi connectivity index (χ0n) is 19.6. The van der Waals surface area contributed by atoms with Crippen molar-refractivity contribution in [3.05, 3.63) is 99.2 Å². The average molecular weight is 534 g/mol. The summed E-state index contributed by atoms with van der Waals surface area (Å²) in [5.41, 5.74) is 3.13. The van der Waals surface area contributed by atoms with Gasteiger partial charge in [0, 0.05) is 5.56 Å². The summed E-state index contributed by atoms with van der Waals surface area (Å²) >= 11 is 3.46. The Morgan fingerprint density at radius 1 is 1.09 bits per heavy atom. The summed E-state index contributed by atoms with van der Waals surface area (Å²) < 4.78 is 17.2. The molecule has 6 nitrogen and oxygen atoms in total. The molecule has 0 unspecified atom stereocenters. The van der Waals surface area contributed by atoms with Gasteiger partial charge < -0.3 is 14.2 Å². The van der Waals surface area contributed by atoms with E-state index in [2.05, 4.69) is 34.8 Å². The predicted molar refractivity (Wildman–Crippen MR) is 138 cm³/mol. The van der Waals surface area contributed by atoms with Gasteiger partial charge in [0.25, 0.3) is 0 Å².